The van der Waals surface area contributed by atoms with Crippen molar-refractivity contribution >= 4 is 11.9 Å². The molecular weight excluding hydrogens is 271 g/mol. The largest absolute Gasteiger partial charge is 0.508 e. The Morgan fingerprint density at radius 3 is 2.62 bits per heavy atom. The molecule has 0 radical (unpaired) electrons. The summed E-state index contributed by atoms with van der Waals surface area (Å²) in [5.74, 6) is -1.43. The van der Waals surface area contributed by atoms with Gasteiger partial charge >= 0.3 is 0 Å². The summed E-state index contributed by atoms with van der Waals surface area (Å²) in [6.45, 7) is 1.72. The molecule has 21 heavy (non-hydrogen) atoms. The van der Waals surface area contributed by atoms with E-state index in [4.69, 9.17) is 0 Å². The fourth-order valence-corrected chi connectivity index (χ4v) is 2.73. The number of ketones is 1. The van der Waals surface area contributed by atoms with Gasteiger partial charge in [0.2, 0.25) is 0 Å². The summed E-state index contributed by atoms with van der Waals surface area (Å²) >= 11 is 0. The van der Waals surface area contributed by atoms with Gasteiger partial charge in [0, 0.05) is 17.1 Å². The monoisotopic (exact) mass is 284 g/mol. The SMILES string of the molecule is C[C@@H]1/C(=C\c2cccc(O)c2)C(=O)c2c(O)ccc(F)c21. The topological polar surface area (TPSA) is 57.5 Å². The van der Waals surface area contributed by atoms with Crippen molar-refractivity contribution in [3.8, 4) is 11.5 Å². The Bertz CT molecular complexity index is 778. The minimum atomic E-state index is -0.497. The number of phenolic OH excluding ortho intramolecular Hbond substituents is 2. The van der Waals surface area contributed by atoms with E-state index >= 15 is 0 Å². The number of benzene rings is 2. The molecule has 3 rings (SSSR count). The van der Waals surface area contributed by atoms with Crippen LogP contribution in [0.3, 0.4) is 0 Å². The van der Waals surface area contributed by atoms with Crippen LogP contribution in [0.4, 0.5) is 4.39 Å². The lowest BCUT2D eigenvalue weighted by Gasteiger charge is -2.07. The number of rotatable bonds is 1. The Kier molecular flexibility index (Phi) is 3.01. The predicted octanol–water partition coefficient (Wildman–Crippen LogP) is 3.62. The quantitative estimate of drug-likeness (QED) is 0.786. The first-order valence-corrected chi connectivity index (χ1v) is 6.55. The average molecular weight is 284 g/mol. The van der Waals surface area contributed by atoms with Gasteiger partial charge in [0.05, 0.1) is 5.56 Å². The van der Waals surface area contributed by atoms with Gasteiger partial charge in [0.15, 0.2) is 5.78 Å². The van der Waals surface area contributed by atoms with Gasteiger partial charge < -0.3 is 10.2 Å². The van der Waals surface area contributed by atoms with Crippen molar-refractivity contribution in [2.24, 2.45) is 0 Å². The third-order valence-corrected chi connectivity index (χ3v) is 3.75. The number of halogens is 1. The van der Waals surface area contributed by atoms with Crippen molar-refractivity contribution in [2.75, 3.05) is 0 Å². The van der Waals surface area contributed by atoms with E-state index in [0.717, 1.165) is 6.07 Å². The molecule has 0 bridgehead atoms. The number of phenols is 2. The lowest BCUT2D eigenvalue weighted by Crippen LogP contribution is -1.97. The molecule has 1 aliphatic carbocycles. The number of allylic oxidation sites excluding steroid dienone is 1. The smallest absolute Gasteiger partial charge is 0.193 e. The second kappa shape index (κ2) is 4.74. The molecule has 4 heteroatoms. The second-order valence-electron chi connectivity index (χ2n) is 5.10. The molecule has 0 aliphatic heterocycles. The summed E-state index contributed by atoms with van der Waals surface area (Å²) in [5.41, 5.74) is 1.31. The van der Waals surface area contributed by atoms with E-state index in [1.165, 1.54) is 18.2 Å². The molecule has 2 N–H and O–H groups in total. The zero-order valence-corrected chi connectivity index (χ0v) is 11.3. The second-order valence-corrected chi connectivity index (χ2v) is 5.10. The minimum Gasteiger partial charge on any atom is -0.508 e. The molecule has 0 fully saturated rings. The lowest BCUT2D eigenvalue weighted by molar-refractivity contribution is 0.103. The van der Waals surface area contributed by atoms with Crippen molar-refractivity contribution in [1.82, 2.24) is 0 Å². The van der Waals surface area contributed by atoms with Gasteiger partial charge in [-0.2, -0.15) is 0 Å². The van der Waals surface area contributed by atoms with Crippen LogP contribution in [0.25, 0.3) is 6.08 Å². The summed E-state index contributed by atoms with van der Waals surface area (Å²) in [6.07, 6.45) is 1.62. The van der Waals surface area contributed by atoms with E-state index in [1.807, 2.05) is 0 Å². The Morgan fingerprint density at radius 2 is 1.95 bits per heavy atom. The van der Waals surface area contributed by atoms with Gasteiger partial charge in [-0.15, -0.1) is 0 Å². The molecule has 0 saturated carbocycles. The van der Waals surface area contributed by atoms with Crippen LogP contribution >= 0.6 is 0 Å². The number of aromatic hydroxyl groups is 2. The van der Waals surface area contributed by atoms with Crippen LogP contribution in [0.1, 0.15) is 34.3 Å². The standard InChI is InChI=1S/C17H13FO3/c1-9-12(8-10-3-2-4-11(19)7-10)17(21)16-14(20)6-5-13(18)15(9)16/h2-9,19-20H,1H3/b12-8+/t9-/m1/s1. The Labute approximate surface area is 121 Å². The van der Waals surface area contributed by atoms with Crippen LogP contribution in [0, 0.1) is 5.82 Å². The number of hydrogen-bond donors (Lipinski definition) is 2. The maximum absolute atomic E-state index is 13.9. The highest BCUT2D eigenvalue weighted by molar-refractivity contribution is 6.18. The van der Waals surface area contributed by atoms with E-state index in [9.17, 15) is 19.4 Å². The molecule has 3 nitrogen and oxygen atoms in total. The number of carbonyl (C=O) groups excluding carboxylic acids is 1. The molecule has 0 saturated heterocycles. The normalized spacial score (nSPS) is 19.0. The van der Waals surface area contributed by atoms with Crippen molar-refractivity contribution in [3.63, 3.8) is 0 Å². The van der Waals surface area contributed by atoms with Crippen molar-refractivity contribution in [1.29, 1.82) is 0 Å². The molecular formula is C17H13FO3. The number of Topliss-reactive ketones (excluding diaryl/α,β-unsaturated/α-hetero) is 1. The fourth-order valence-electron chi connectivity index (χ4n) is 2.73. The van der Waals surface area contributed by atoms with Crippen LogP contribution < -0.4 is 0 Å². The lowest BCUT2D eigenvalue weighted by atomic mass is 9.97. The number of fused-ring (bicyclic) bond motifs is 1. The molecule has 0 unspecified atom stereocenters. The van der Waals surface area contributed by atoms with E-state index in [2.05, 4.69) is 0 Å². The fraction of sp³-hybridized carbons (Fsp3) is 0.118. The summed E-state index contributed by atoms with van der Waals surface area (Å²) in [7, 11) is 0. The third kappa shape index (κ3) is 2.09. The van der Waals surface area contributed by atoms with E-state index in [-0.39, 0.29) is 28.4 Å². The zero-order valence-electron chi connectivity index (χ0n) is 11.3. The highest BCUT2D eigenvalue weighted by atomic mass is 19.1. The van der Waals surface area contributed by atoms with Crippen LogP contribution in [0.5, 0.6) is 11.5 Å². The summed E-state index contributed by atoms with van der Waals surface area (Å²) < 4.78 is 13.9. The highest BCUT2D eigenvalue weighted by Crippen LogP contribution is 2.43. The van der Waals surface area contributed by atoms with Crippen LogP contribution in [-0.4, -0.2) is 16.0 Å². The Morgan fingerprint density at radius 1 is 1.19 bits per heavy atom. The number of hydrogen-bond acceptors (Lipinski definition) is 3. The van der Waals surface area contributed by atoms with E-state index in [0.29, 0.717) is 11.1 Å². The van der Waals surface area contributed by atoms with E-state index in [1.54, 1.807) is 25.1 Å². The summed E-state index contributed by atoms with van der Waals surface area (Å²) in [6, 6.07) is 8.81. The maximum Gasteiger partial charge on any atom is 0.193 e. The molecule has 1 aliphatic rings. The van der Waals surface area contributed by atoms with Gasteiger partial charge in [-0.05, 0) is 35.9 Å². The highest BCUT2D eigenvalue weighted by Gasteiger charge is 2.36. The average Bonchev–Trinajstić information content (AvgIpc) is 2.69. The molecule has 0 spiro atoms. The van der Waals surface area contributed by atoms with Gasteiger partial charge in [-0.25, -0.2) is 4.39 Å². The Balaban J connectivity index is 2.14. The molecule has 0 aromatic heterocycles. The summed E-state index contributed by atoms with van der Waals surface area (Å²) in [4.78, 5) is 12.4. The number of carbonyl (C=O) groups is 1. The zero-order chi connectivity index (χ0) is 15.1. The molecule has 2 aromatic rings. The molecule has 0 heterocycles. The first kappa shape index (κ1) is 13.4. The van der Waals surface area contributed by atoms with Gasteiger partial charge in [-0.3, -0.25) is 4.79 Å². The molecule has 2 aromatic carbocycles. The molecule has 1 atom stereocenters. The Hall–Kier alpha value is -2.62. The van der Waals surface area contributed by atoms with Gasteiger partial charge in [-0.1, -0.05) is 19.1 Å². The predicted molar refractivity (Wildman–Crippen MR) is 76.9 cm³/mol. The van der Waals surface area contributed by atoms with Crippen molar-refractivity contribution in [2.45, 2.75) is 12.8 Å². The van der Waals surface area contributed by atoms with Gasteiger partial charge in [0.1, 0.15) is 17.3 Å². The third-order valence-electron chi connectivity index (χ3n) is 3.75. The van der Waals surface area contributed by atoms with Crippen LogP contribution in [0.2, 0.25) is 0 Å². The molecule has 106 valence electrons. The summed E-state index contributed by atoms with van der Waals surface area (Å²) in [5, 5.41) is 19.3. The minimum absolute atomic E-state index is 0.0360. The van der Waals surface area contributed by atoms with E-state index < -0.39 is 11.7 Å². The van der Waals surface area contributed by atoms with Crippen LogP contribution in [-0.2, 0) is 0 Å². The van der Waals surface area contributed by atoms with Crippen molar-refractivity contribution < 1.29 is 19.4 Å². The molecule has 0 amide bonds. The van der Waals surface area contributed by atoms with Gasteiger partial charge in [0.25, 0.3) is 0 Å². The first-order valence-electron chi connectivity index (χ1n) is 6.55. The van der Waals surface area contributed by atoms with Crippen LogP contribution in [0.15, 0.2) is 42.0 Å². The van der Waals surface area contributed by atoms with Crippen molar-refractivity contribution in [3.05, 3.63) is 64.5 Å². The first-order chi connectivity index (χ1) is 9.99. The maximum atomic E-state index is 13.9.